The van der Waals surface area contributed by atoms with Gasteiger partial charge in [0.25, 0.3) is 0 Å². The lowest BCUT2D eigenvalue weighted by Crippen LogP contribution is -2.41. The molecule has 0 bridgehead atoms. The molecular formula is C12H20N2O4S. The van der Waals surface area contributed by atoms with Gasteiger partial charge in [-0.15, -0.1) is 0 Å². The molecule has 1 aromatic carbocycles. The van der Waals surface area contributed by atoms with Gasteiger partial charge in [-0.3, -0.25) is 0 Å². The Labute approximate surface area is 113 Å². The quantitative estimate of drug-likeness (QED) is 0.648. The second-order valence-corrected chi connectivity index (χ2v) is 6.03. The maximum Gasteiger partial charge on any atom is 0.241 e. The molecule has 0 fully saturated rings. The highest BCUT2D eigenvalue weighted by atomic mass is 32.2. The topological polar surface area (TPSA) is 102 Å². The first-order valence-electron chi connectivity index (χ1n) is 5.81. The van der Waals surface area contributed by atoms with E-state index in [1.54, 1.807) is 26.0 Å². The number of nitrogens with one attached hydrogen (secondary N) is 1. The number of benzene rings is 1. The van der Waals surface area contributed by atoms with Crippen LogP contribution in [-0.4, -0.2) is 39.9 Å². The summed E-state index contributed by atoms with van der Waals surface area (Å²) in [4.78, 5) is 0.155. The molecule has 4 N–H and O–H groups in total. The number of hydrogen-bond acceptors (Lipinski definition) is 5. The number of rotatable bonds is 6. The number of ether oxygens (including phenoxy) is 1. The van der Waals surface area contributed by atoms with Gasteiger partial charge in [0.1, 0.15) is 0 Å². The fourth-order valence-corrected chi connectivity index (χ4v) is 3.57. The van der Waals surface area contributed by atoms with Gasteiger partial charge in [0.2, 0.25) is 10.0 Å². The van der Waals surface area contributed by atoms with Crippen LogP contribution in [0.5, 0.6) is 0 Å². The van der Waals surface area contributed by atoms with Gasteiger partial charge < -0.3 is 15.6 Å². The van der Waals surface area contributed by atoms with Crippen molar-refractivity contribution in [1.82, 2.24) is 4.72 Å². The number of aryl methyl sites for hydroxylation is 1. The first-order valence-corrected chi connectivity index (χ1v) is 7.29. The lowest BCUT2D eigenvalue weighted by molar-refractivity contribution is 0.139. The van der Waals surface area contributed by atoms with E-state index in [1.165, 1.54) is 7.11 Å². The predicted octanol–water partition coefficient (Wildman–Crippen LogP) is 0.171. The maximum absolute atomic E-state index is 12.3. The Kier molecular flexibility index (Phi) is 5.30. The molecule has 108 valence electrons. The third kappa shape index (κ3) is 3.66. The van der Waals surface area contributed by atoms with Gasteiger partial charge in [-0.05, 0) is 31.0 Å². The number of sulfonamides is 1. The summed E-state index contributed by atoms with van der Waals surface area (Å²) >= 11 is 0. The summed E-state index contributed by atoms with van der Waals surface area (Å²) in [6.07, 6.45) is 0. The molecule has 1 aromatic rings. The Morgan fingerprint density at radius 1 is 1.42 bits per heavy atom. The normalized spacial score (nSPS) is 13.5. The number of hydrogen-bond donors (Lipinski definition) is 3. The third-order valence-electron chi connectivity index (χ3n) is 2.82. The summed E-state index contributed by atoms with van der Waals surface area (Å²) in [6.45, 7) is 3.11. The van der Waals surface area contributed by atoms with Crippen LogP contribution in [-0.2, 0) is 14.8 Å². The average molecular weight is 288 g/mol. The first kappa shape index (κ1) is 15.9. The van der Waals surface area contributed by atoms with Crippen molar-refractivity contribution in [3.8, 4) is 0 Å². The predicted molar refractivity (Wildman–Crippen MR) is 73.4 cm³/mol. The summed E-state index contributed by atoms with van der Waals surface area (Å²) < 4.78 is 31.9. The molecule has 7 heteroatoms. The van der Waals surface area contributed by atoms with Crippen LogP contribution >= 0.6 is 0 Å². The average Bonchev–Trinajstić information content (AvgIpc) is 2.33. The summed E-state index contributed by atoms with van der Waals surface area (Å²) in [5.74, 6) is 0. The summed E-state index contributed by atoms with van der Waals surface area (Å²) in [5.41, 5.74) is 7.26. The fourth-order valence-electron chi connectivity index (χ4n) is 1.86. The molecule has 0 amide bonds. The highest BCUT2D eigenvalue weighted by Gasteiger charge is 2.24. The molecule has 0 aliphatic carbocycles. The minimum absolute atomic E-state index is 0.0934. The number of aliphatic hydroxyl groups excluding tert-OH is 1. The smallest absolute Gasteiger partial charge is 0.241 e. The van der Waals surface area contributed by atoms with Crippen molar-refractivity contribution in [2.45, 2.75) is 24.8 Å². The molecule has 6 nitrogen and oxygen atoms in total. The van der Waals surface area contributed by atoms with Gasteiger partial charge in [0.05, 0.1) is 24.2 Å². The van der Waals surface area contributed by atoms with E-state index in [4.69, 9.17) is 15.6 Å². The van der Waals surface area contributed by atoms with Gasteiger partial charge in [-0.2, -0.15) is 0 Å². The van der Waals surface area contributed by atoms with E-state index in [-0.39, 0.29) is 18.1 Å². The molecule has 0 aliphatic rings. The van der Waals surface area contributed by atoms with Crippen molar-refractivity contribution in [2.24, 2.45) is 0 Å². The monoisotopic (exact) mass is 288 g/mol. The molecule has 0 radical (unpaired) electrons. The SMILES string of the molecule is COCC(CO)NS(=O)(=O)c1c(C)ccc(N)c1C. The highest BCUT2D eigenvalue weighted by Crippen LogP contribution is 2.24. The van der Waals surface area contributed by atoms with Crippen LogP contribution in [0.3, 0.4) is 0 Å². The van der Waals surface area contributed by atoms with Crippen LogP contribution in [0.25, 0.3) is 0 Å². The zero-order valence-electron chi connectivity index (χ0n) is 11.3. The molecule has 1 rings (SSSR count). The van der Waals surface area contributed by atoms with E-state index >= 15 is 0 Å². The second kappa shape index (κ2) is 6.33. The van der Waals surface area contributed by atoms with E-state index in [0.717, 1.165) is 0 Å². The van der Waals surface area contributed by atoms with Crippen molar-refractivity contribution in [1.29, 1.82) is 0 Å². The Morgan fingerprint density at radius 2 is 2.05 bits per heavy atom. The molecule has 1 atom stereocenters. The number of nitrogen functional groups attached to an aromatic ring is 1. The Morgan fingerprint density at radius 3 is 2.58 bits per heavy atom. The van der Waals surface area contributed by atoms with E-state index in [2.05, 4.69) is 4.72 Å². The number of nitrogens with two attached hydrogens (primary N) is 1. The van der Waals surface area contributed by atoms with Gasteiger partial charge in [0.15, 0.2) is 0 Å². The first-order chi connectivity index (χ1) is 8.83. The Bertz CT molecular complexity index is 543. The van der Waals surface area contributed by atoms with Crippen LogP contribution in [0, 0.1) is 13.8 Å². The Hall–Kier alpha value is -1.15. The van der Waals surface area contributed by atoms with Gasteiger partial charge in [-0.25, -0.2) is 13.1 Å². The van der Waals surface area contributed by atoms with Crippen LogP contribution in [0.1, 0.15) is 11.1 Å². The standard InChI is InChI=1S/C12H20N2O4S/c1-8-4-5-11(13)9(2)12(8)19(16,17)14-10(6-15)7-18-3/h4-5,10,14-15H,6-7,13H2,1-3H3. The molecule has 0 aliphatic heterocycles. The van der Waals surface area contributed by atoms with E-state index in [9.17, 15) is 8.42 Å². The van der Waals surface area contributed by atoms with Crippen molar-refractivity contribution in [3.63, 3.8) is 0 Å². The van der Waals surface area contributed by atoms with Crippen molar-refractivity contribution in [2.75, 3.05) is 26.1 Å². The molecular weight excluding hydrogens is 268 g/mol. The van der Waals surface area contributed by atoms with Crippen LogP contribution in [0.2, 0.25) is 0 Å². The molecule has 0 aromatic heterocycles. The molecule has 0 heterocycles. The van der Waals surface area contributed by atoms with Crippen LogP contribution in [0.4, 0.5) is 5.69 Å². The third-order valence-corrected chi connectivity index (χ3v) is 4.63. The van der Waals surface area contributed by atoms with Crippen LogP contribution in [0.15, 0.2) is 17.0 Å². The molecule has 0 spiro atoms. The zero-order valence-corrected chi connectivity index (χ0v) is 12.1. The van der Waals surface area contributed by atoms with Gasteiger partial charge >= 0.3 is 0 Å². The fraction of sp³-hybridized carbons (Fsp3) is 0.500. The van der Waals surface area contributed by atoms with Crippen molar-refractivity contribution < 1.29 is 18.3 Å². The lowest BCUT2D eigenvalue weighted by Gasteiger charge is -2.18. The van der Waals surface area contributed by atoms with Crippen molar-refractivity contribution in [3.05, 3.63) is 23.3 Å². The largest absolute Gasteiger partial charge is 0.398 e. The molecule has 1 unspecified atom stereocenters. The van der Waals surface area contributed by atoms with E-state index < -0.39 is 16.1 Å². The summed E-state index contributed by atoms with van der Waals surface area (Å²) in [5, 5.41) is 9.13. The molecule has 0 saturated carbocycles. The summed E-state index contributed by atoms with van der Waals surface area (Å²) in [6, 6.07) is 2.64. The van der Waals surface area contributed by atoms with Crippen molar-refractivity contribution >= 4 is 15.7 Å². The van der Waals surface area contributed by atoms with Gasteiger partial charge in [-0.1, -0.05) is 6.07 Å². The minimum Gasteiger partial charge on any atom is -0.398 e. The Balaban J connectivity index is 3.17. The zero-order chi connectivity index (χ0) is 14.6. The number of methoxy groups -OCH3 is 1. The second-order valence-electron chi connectivity index (χ2n) is 4.38. The van der Waals surface area contributed by atoms with Crippen LogP contribution < -0.4 is 10.5 Å². The molecule has 19 heavy (non-hydrogen) atoms. The molecule has 0 saturated heterocycles. The summed E-state index contributed by atoms with van der Waals surface area (Å²) in [7, 11) is -2.31. The maximum atomic E-state index is 12.3. The highest BCUT2D eigenvalue weighted by molar-refractivity contribution is 7.89. The minimum atomic E-state index is -3.75. The van der Waals surface area contributed by atoms with E-state index in [0.29, 0.717) is 16.8 Å². The van der Waals surface area contributed by atoms with Gasteiger partial charge in [0, 0.05) is 12.8 Å². The number of anilines is 1. The number of aliphatic hydroxyl groups is 1. The van der Waals surface area contributed by atoms with E-state index in [1.807, 2.05) is 0 Å². The lowest BCUT2D eigenvalue weighted by atomic mass is 10.1.